The summed E-state index contributed by atoms with van der Waals surface area (Å²) in [6.45, 7) is 6.18. The lowest BCUT2D eigenvalue weighted by molar-refractivity contribution is -0.120. The molecule has 12 nitrogen and oxygen atoms in total. The van der Waals surface area contributed by atoms with Gasteiger partial charge in [0.25, 0.3) is 11.8 Å². The second-order valence-corrected chi connectivity index (χ2v) is 13.3. The summed E-state index contributed by atoms with van der Waals surface area (Å²) >= 11 is 0. The minimum atomic E-state index is -3.26. The van der Waals surface area contributed by atoms with Crippen molar-refractivity contribution in [1.82, 2.24) is 29.7 Å². The van der Waals surface area contributed by atoms with Crippen LogP contribution in [0.15, 0.2) is 78.0 Å². The summed E-state index contributed by atoms with van der Waals surface area (Å²) in [6.07, 6.45) is 2.96. The number of morpholine rings is 1. The first-order valence-corrected chi connectivity index (χ1v) is 17.0. The Balaban J connectivity index is 1.18. The normalized spacial score (nSPS) is 14.2. The maximum atomic E-state index is 13.5. The fourth-order valence-electron chi connectivity index (χ4n) is 5.02. The molecule has 2 aromatic heterocycles. The Morgan fingerprint density at radius 3 is 2.52 bits per heavy atom. The van der Waals surface area contributed by atoms with Crippen LogP contribution in [-0.2, 0) is 32.7 Å². The molecule has 1 fully saturated rings. The van der Waals surface area contributed by atoms with Crippen LogP contribution in [0.4, 0.5) is 5.69 Å². The monoisotopic (exact) mass is 667 g/mol. The maximum absolute atomic E-state index is 13.5. The van der Waals surface area contributed by atoms with Crippen molar-refractivity contribution in [2.45, 2.75) is 18.2 Å². The molecular formula is C35H37N7O5S. The summed E-state index contributed by atoms with van der Waals surface area (Å²) in [6, 6.07) is 17.0. The van der Waals surface area contributed by atoms with Gasteiger partial charge in [-0.3, -0.25) is 33.7 Å². The molecule has 48 heavy (non-hydrogen) atoms. The van der Waals surface area contributed by atoms with Crippen LogP contribution in [-0.4, -0.2) is 86.9 Å². The molecule has 1 unspecified atom stereocenters. The van der Waals surface area contributed by atoms with Crippen LogP contribution in [0.2, 0.25) is 0 Å². The number of carbonyl (C=O) groups excluding carboxylic acids is 3. The third-order valence-corrected chi connectivity index (χ3v) is 8.99. The van der Waals surface area contributed by atoms with Gasteiger partial charge in [-0.25, -0.2) is 4.21 Å². The van der Waals surface area contributed by atoms with E-state index in [0.29, 0.717) is 52.7 Å². The first kappa shape index (κ1) is 34.1. The zero-order valence-corrected chi connectivity index (χ0v) is 27.6. The van der Waals surface area contributed by atoms with E-state index in [1.807, 2.05) is 6.92 Å². The third kappa shape index (κ3) is 9.38. The van der Waals surface area contributed by atoms with Crippen LogP contribution in [0.5, 0.6) is 0 Å². The van der Waals surface area contributed by atoms with Gasteiger partial charge in [-0.15, -0.1) is 0 Å². The molecule has 2 aromatic carbocycles. The second kappa shape index (κ2) is 15.5. The number of anilines is 1. The lowest BCUT2D eigenvalue weighted by atomic mass is 10.1. The van der Waals surface area contributed by atoms with Crippen molar-refractivity contribution in [1.29, 1.82) is 0 Å². The van der Waals surface area contributed by atoms with E-state index < -0.39 is 15.6 Å². The van der Waals surface area contributed by atoms with Crippen molar-refractivity contribution in [3.05, 3.63) is 107 Å². The number of hydrogen-bond donors (Lipinski definition) is 3. The van der Waals surface area contributed by atoms with Crippen molar-refractivity contribution in [3.8, 4) is 11.8 Å². The highest BCUT2D eigenvalue weighted by Crippen LogP contribution is 2.15. The minimum absolute atomic E-state index is 0.102. The fraction of sp³-hybridized carbons (Fsp3) is 0.257. The van der Waals surface area contributed by atoms with Crippen LogP contribution in [0.1, 0.15) is 43.2 Å². The number of rotatable bonds is 10. The summed E-state index contributed by atoms with van der Waals surface area (Å²) in [5, 5.41) is 9.97. The van der Waals surface area contributed by atoms with Gasteiger partial charge in [0.1, 0.15) is 5.69 Å². The maximum Gasteiger partial charge on any atom is 0.273 e. The molecule has 3 heterocycles. The van der Waals surface area contributed by atoms with E-state index in [-0.39, 0.29) is 23.8 Å². The Morgan fingerprint density at radius 2 is 1.75 bits per heavy atom. The average molecular weight is 668 g/mol. The van der Waals surface area contributed by atoms with Gasteiger partial charge < -0.3 is 15.4 Å². The molecule has 1 aliphatic heterocycles. The zero-order valence-electron chi connectivity index (χ0n) is 26.8. The molecule has 1 saturated heterocycles. The molecule has 3 N–H and O–H groups in total. The second-order valence-electron chi connectivity index (χ2n) is 11.3. The van der Waals surface area contributed by atoms with Crippen molar-refractivity contribution in [2.24, 2.45) is 7.05 Å². The predicted molar refractivity (Wildman–Crippen MR) is 184 cm³/mol. The molecule has 3 amide bonds. The van der Waals surface area contributed by atoms with Crippen LogP contribution in [0, 0.1) is 18.8 Å². The van der Waals surface area contributed by atoms with Gasteiger partial charge in [-0.1, -0.05) is 30.0 Å². The number of pyridine rings is 1. The molecule has 0 spiro atoms. The molecule has 0 saturated carbocycles. The van der Waals surface area contributed by atoms with E-state index in [1.54, 1.807) is 67.7 Å². The van der Waals surface area contributed by atoms with Gasteiger partial charge >= 0.3 is 0 Å². The number of ether oxygens (including phenoxy) is 1. The molecule has 248 valence electrons. The highest BCUT2D eigenvalue weighted by molar-refractivity contribution is 7.99. The van der Waals surface area contributed by atoms with E-state index >= 15 is 0 Å². The van der Waals surface area contributed by atoms with Gasteiger partial charge in [0.15, 0.2) is 0 Å². The lowest BCUT2D eigenvalue weighted by Gasteiger charge is -2.26. The average Bonchev–Trinajstić information content (AvgIpc) is 3.42. The third-order valence-electron chi connectivity index (χ3n) is 7.46. The molecule has 5 rings (SSSR count). The zero-order chi connectivity index (χ0) is 34.1. The molecule has 0 aliphatic carbocycles. The van der Waals surface area contributed by atoms with Crippen molar-refractivity contribution < 1.29 is 23.3 Å². The Labute approximate surface area is 280 Å². The Morgan fingerprint density at radius 1 is 0.979 bits per heavy atom. The number of benzene rings is 2. The van der Waals surface area contributed by atoms with Gasteiger partial charge in [0, 0.05) is 67.3 Å². The van der Waals surface area contributed by atoms with Crippen molar-refractivity contribution >= 4 is 39.0 Å². The predicted octanol–water partition coefficient (Wildman–Crippen LogP) is 2.19. The Bertz CT molecular complexity index is 1990. The smallest absolute Gasteiger partial charge is 0.273 e. The molecular weight excluding hydrogens is 630 g/mol. The number of nitrogens with one attached hydrogen (secondary N) is 3. The van der Waals surface area contributed by atoms with E-state index in [2.05, 4.69) is 48.0 Å². The highest BCUT2D eigenvalue weighted by atomic mass is 32.2. The van der Waals surface area contributed by atoms with Gasteiger partial charge in [-0.05, 0) is 60.8 Å². The Kier molecular flexibility index (Phi) is 11.0. The van der Waals surface area contributed by atoms with Crippen LogP contribution in [0.25, 0.3) is 0 Å². The molecule has 1 atom stereocenters. The molecule has 13 heteroatoms. The number of aromatic nitrogens is 3. The van der Waals surface area contributed by atoms with Crippen LogP contribution in [0.3, 0.4) is 0 Å². The molecule has 4 aromatic rings. The first-order chi connectivity index (χ1) is 23.1. The Hall–Kier alpha value is -5.29. The first-order valence-electron chi connectivity index (χ1n) is 15.3. The van der Waals surface area contributed by atoms with Gasteiger partial charge in [0.05, 0.1) is 40.6 Å². The standard InChI is InChI=1S/C35H37N7O5S/c1-25-18-32(41(2)39-25)35(45)38-30-8-4-6-26(20-30)10-11-28-19-29(24-36-23-28)34(44)40-48(3,46)31-9-5-7-27(21-31)22-33(43)37-12-13-42-14-16-47-17-15-42/h4-9,18-21,23-24H,3,12-17,22H2,1-2H3,(H,37,43)(H,38,45)(H,40,44,46). The summed E-state index contributed by atoms with van der Waals surface area (Å²) < 4.78 is 22.9. The van der Waals surface area contributed by atoms with Crippen molar-refractivity contribution in [3.63, 3.8) is 0 Å². The van der Waals surface area contributed by atoms with Crippen LogP contribution >= 0.6 is 0 Å². The number of nitrogens with zero attached hydrogens (tertiary/aromatic N) is 4. The summed E-state index contributed by atoms with van der Waals surface area (Å²) in [5.74, 6) is 8.70. The van der Waals surface area contributed by atoms with E-state index in [4.69, 9.17) is 4.74 Å². The van der Waals surface area contributed by atoms with Gasteiger partial charge in [0.2, 0.25) is 5.91 Å². The van der Waals surface area contributed by atoms with Gasteiger partial charge in [-0.2, -0.15) is 5.10 Å². The SMILES string of the molecule is C=S(=O)(NC(=O)c1cncc(C#Cc2cccc(NC(=O)c3cc(C)nn3C)c2)c1)c1cccc(CC(=O)NCCN2CCOCC2)c1. The van der Waals surface area contributed by atoms with Crippen molar-refractivity contribution in [2.75, 3.05) is 44.7 Å². The number of hydrogen-bond acceptors (Lipinski definition) is 8. The minimum Gasteiger partial charge on any atom is -0.379 e. The molecule has 0 radical (unpaired) electrons. The van der Waals surface area contributed by atoms with Crippen LogP contribution < -0.4 is 15.4 Å². The number of carbonyl (C=O) groups is 3. The molecule has 0 bridgehead atoms. The summed E-state index contributed by atoms with van der Waals surface area (Å²) in [5.41, 5.74) is 3.64. The van der Waals surface area contributed by atoms with E-state index in [1.165, 1.54) is 17.1 Å². The number of aryl methyl sites for hydroxylation is 2. The lowest BCUT2D eigenvalue weighted by Crippen LogP contribution is -2.41. The van der Waals surface area contributed by atoms with E-state index in [9.17, 15) is 18.6 Å². The topological polar surface area (TPSA) is 148 Å². The molecule has 1 aliphatic rings. The highest BCUT2D eigenvalue weighted by Gasteiger charge is 2.16. The van der Waals surface area contributed by atoms with E-state index in [0.717, 1.165) is 25.3 Å². The largest absolute Gasteiger partial charge is 0.379 e. The summed E-state index contributed by atoms with van der Waals surface area (Å²) in [7, 11) is -1.55. The summed E-state index contributed by atoms with van der Waals surface area (Å²) in [4.78, 5) is 45.0. The number of amides is 3. The fourth-order valence-corrected chi connectivity index (χ4v) is 6.20. The quantitative estimate of drug-likeness (QED) is 0.172.